The summed E-state index contributed by atoms with van der Waals surface area (Å²) in [7, 11) is -0.0536. The van der Waals surface area contributed by atoms with Gasteiger partial charge < -0.3 is 4.90 Å². The third kappa shape index (κ3) is 2.59. The molecule has 1 aromatic heterocycles. The van der Waals surface area contributed by atoms with Crippen LogP contribution in [0.1, 0.15) is 6.42 Å². The van der Waals surface area contributed by atoms with Gasteiger partial charge in [0.15, 0.2) is 0 Å². The molecule has 0 saturated carbocycles. The molecule has 0 bridgehead atoms. The summed E-state index contributed by atoms with van der Waals surface area (Å²) in [5, 5.41) is 9.27. The largest absolute Gasteiger partial charge is 0.304 e. The van der Waals surface area contributed by atoms with Crippen molar-refractivity contribution in [1.82, 2.24) is 14.7 Å². The molecule has 1 aliphatic heterocycles. The van der Waals surface area contributed by atoms with Crippen molar-refractivity contribution in [3.05, 3.63) is 12.4 Å². The number of hydrogen-bond donors (Lipinski definition) is 1. The molecule has 2 rings (SSSR count). The first kappa shape index (κ1) is 12.3. The summed E-state index contributed by atoms with van der Waals surface area (Å²) in [6.45, 7) is 1.56. The first-order valence-corrected chi connectivity index (χ1v) is 6.87. The van der Waals surface area contributed by atoms with Crippen LogP contribution in [0.3, 0.4) is 0 Å². The number of rotatable bonds is 3. The highest BCUT2D eigenvalue weighted by Gasteiger charge is 2.32. The number of nitrogens with zero attached hydrogens (tertiary/aromatic N) is 4. The Bertz CT molecular complexity index is 497. The van der Waals surface area contributed by atoms with Crippen LogP contribution in [0, 0.1) is 0 Å². The average molecular weight is 259 g/mol. The molecule has 0 unspecified atom stereocenters. The number of likely N-dealkylation sites (N-methyl/N-ethyl adjacent to an activating group) is 1. The van der Waals surface area contributed by atoms with Crippen molar-refractivity contribution in [2.45, 2.75) is 12.5 Å². The molecule has 1 aliphatic rings. The van der Waals surface area contributed by atoms with Gasteiger partial charge in [-0.3, -0.25) is 8.99 Å². The SMILES string of the molecule is CN1CC[C@@H](N(c2cnn(C)c2)S(N)(=O)=O)C1. The summed E-state index contributed by atoms with van der Waals surface area (Å²) >= 11 is 0. The molecule has 1 saturated heterocycles. The summed E-state index contributed by atoms with van der Waals surface area (Å²) < 4.78 is 26.2. The van der Waals surface area contributed by atoms with Gasteiger partial charge in [-0.05, 0) is 20.0 Å². The topological polar surface area (TPSA) is 84.5 Å². The Balaban J connectivity index is 2.33. The van der Waals surface area contributed by atoms with Crippen LogP contribution in [-0.4, -0.2) is 49.3 Å². The van der Waals surface area contributed by atoms with Gasteiger partial charge in [-0.25, -0.2) is 5.14 Å². The van der Waals surface area contributed by atoms with Crippen LogP contribution in [0.25, 0.3) is 0 Å². The average Bonchev–Trinajstić information content (AvgIpc) is 2.75. The lowest BCUT2D eigenvalue weighted by Gasteiger charge is -2.26. The normalized spacial score (nSPS) is 21.9. The van der Waals surface area contributed by atoms with Crippen molar-refractivity contribution in [3.8, 4) is 0 Å². The minimum atomic E-state index is -3.76. The van der Waals surface area contributed by atoms with Crippen LogP contribution >= 0.6 is 0 Å². The van der Waals surface area contributed by atoms with Gasteiger partial charge in [-0.1, -0.05) is 0 Å². The zero-order valence-corrected chi connectivity index (χ0v) is 10.8. The van der Waals surface area contributed by atoms with Gasteiger partial charge >= 0.3 is 0 Å². The molecule has 0 aliphatic carbocycles. The van der Waals surface area contributed by atoms with Gasteiger partial charge in [0.05, 0.1) is 17.9 Å². The summed E-state index contributed by atoms with van der Waals surface area (Å²) in [5.74, 6) is 0. The summed E-state index contributed by atoms with van der Waals surface area (Å²) in [4.78, 5) is 2.08. The Kier molecular flexibility index (Phi) is 3.11. The molecule has 0 aromatic carbocycles. The van der Waals surface area contributed by atoms with Crippen LogP contribution in [0.15, 0.2) is 12.4 Å². The Morgan fingerprint density at radius 1 is 1.53 bits per heavy atom. The van der Waals surface area contributed by atoms with Gasteiger partial charge in [-0.15, -0.1) is 0 Å². The maximum atomic E-state index is 11.7. The van der Waals surface area contributed by atoms with Crippen LogP contribution in [0.2, 0.25) is 0 Å². The van der Waals surface area contributed by atoms with E-state index < -0.39 is 10.2 Å². The van der Waals surface area contributed by atoms with E-state index in [0.29, 0.717) is 12.2 Å². The predicted octanol–water partition coefficient (Wildman–Crippen LogP) is -0.866. The maximum Gasteiger partial charge on any atom is 0.299 e. The first-order valence-electron chi connectivity index (χ1n) is 5.37. The summed E-state index contributed by atoms with van der Waals surface area (Å²) in [6, 6.07) is -0.112. The van der Waals surface area contributed by atoms with E-state index in [1.165, 1.54) is 10.5 Å². The van der Waals surface area contributed by atoms with E-state index in [9.17, 15) is 8.42 Å². The Labute approximate surface area is 101 Å². The third-order valence-electron chi connectivity index (χ3n) is 2.92. The van der Waals surface area contributed by atoms with Crippen molar-refractivity contribution >= 4 is 15.9 Å². The highest BCUT2D eigenvalue weighted by atomic mass is 32.2. The quantitative estimate of drug-likeness (QED) is 0.765. The molecule has 8 heteroatoms. The van der Waals surface area contributed by atoms with Crippen molar-refractivity contribution in [3.63, 3.8) is 0 Å². The second kappa shape index (κ2) is 4.28. The zero-order chi connectivity index (χ0) is 12.6. The minimum absolute atomic E-state index is 0.112. The molecule has 2 N–H and O–H groups in total. The lowest BCUT2D eigenvalue weighted by molar-refractivity contribution is 0.411. The fourth-order valence-corrected chi connectivity index (χ4v) is 3.17. The Hall–Kier alpha value is -1.12. The number of likely N-dealkylation sites (tertiary alicyclic amines) is 1. The van der Waals surface area contributed by atoms with Crippen molar-refractivity contribution < 1.29 is 8.42 Å². The van der Waals surface area contributed by atoms with E-state index in [1.807, 2.05) is 7.05 Å². The molecule has 1 fully saturated rings. The number of aromatic nitrogens is 2. The van der Waals surface area contributed by atoms with E-state index in [1.54, 1.807) is 17.9 Å². The second-order valence-electron chi connectivity index (χ2n) is 4.42. The molecular formula is C9H17N5O2S. The van der Waals surface area contributed by atoms with Gasteiger partial charge in [0.2, 0.25) is 0 Å². The molecule has 96 valence electrons. The van der Waals surface area contributed by atoms with Crippen LogP contribution in [-0.2, 0) is 17.3 Å². The highest BCUT2D eigenvalue weighted by Crippen LogP contribution is 2.23. The number of hydrogen-bond acceptors (Lipinski definition) is 4. The lowest BCUT2D eigenvalue weighted by Crippen LogP contribution is -2.45. The van der Waals surface area contributed by atoms with Crippen molar-refractivity contribution in [2.75, 3.05) is 24.4 Å². The third-order valence-corrected chi connectivity index (χ3v) is 3.98. The Morgan fingerprint density at radius 2 is 2.24 bits per heavy atom. The van der Waals surface area contributed by atoms with Gasteiger partial charge in [-0.2, -0.15) is 13.5 Å². The maximum absolute atomic E-state index is 11.7. The fraction of sp³-hybridized carbons (Fsp3) is 0.667. The van der Waals surface area contributed by atoms with Gasteiger partial charge in [0.1, 0.15) is 0 Å². The molecule has 0 radical (unpaired) electrons. The predicted molar refractivity (Wildman–Crippen MR) is 64.7 cm³/mol. The van der Waals surface area contributed by atoms with Crippen LogP contribution in [0.4, 0.5) is 5.69 Å². The molecule has 1 aromatic rings. The van der Waals surface area contributed by atoms with E-state index >= 15 is 0 Å². The fourth-order valence-electron chi connectivity index (χ4n) is 2.19. The van der Waals surface area contributed by atoms with Gasteiger partial charge in [0, 0.05) is 19.8 Å². The lowest BCUT2D eigenvalue weighted by atomic mass is 10.2. The van der Waals surface area contributed by atoms with E-state index in [-0.39, 0.29) is 6.04 Å². The molecule has 7 nitrogen and oxygen atoms in total. The summed E-state index contributed by atoms with van der Waals surface area (Å²) in [5.41, 5.74) is 0.523. The molecular weight excluding hydrogens is 242 g/mol. The minimum Gasteiger partial charge on any atom is -0.304 e. The molecule has 0 spiro atoms. The zero-order valence-electron chi connectivity index (χ0n) is 9.94. The monoisotopic (exact) mass is 259 g/mol. The number of anilines is 1. The van der Waals surface area contributed by atoms with Crippen LogP contribution < -0.4 is 9.44 Å². The standard InChI is InChI=1S/C9H17N5O2S/c1-12-4-3-8(6-12)14(17(10,15)16)9-5-11-13(2)7-9/h5,7-8H,3-4,6H2,1-2H3,(H2,10,15,16)/t8-/m1/s1. The Morgan fingerprint density at radius 3 is 2.65 bits per heavy atom. The van der Waals surface area contributed by atoms with Crippen LogP contribution in [0.5, 0.6) is 0 Å². The van der Waals surface area contributed by atoms with E-state index in [4.69, 9.17) is 5.14 Å². The molecule has 1 atom stereocenters. The number of aryl methyl sites for hydroxylation is 1. The van der Waals surface area contributed by atoms with Crippen molar-refractivity contribution in [1.29, 1.82) is 0 Å². The van der Waals surface area contributed by atoms with Gasteiger partial charge in [0.25, 0.3) is 10.2 Å². The van der Waals surface area contributed by atoms with Crippen molar-refractivity contribution in [2.24, 2.45) is 12.2 Å². The highest BCUT2D eigenvalue weighted by molar-refractivity contribution is 7.90. The molecule has 17 heavy (non-hydrogen) atoms. The van der Waals surface area contributed by atoms with E-state index in [2.05, 4.69) is 10.00 Å². The second-order valence-corrected chi connectivity index (χ2v) is 5.84. The summed E-state index contributed by atoms with van der Waals surface area (Å²) in [6.07, 6.45) is 3.95. The smallest absolute Gasteiger partial charge is 0.299 e. The first-order chi connectivity index (χ1) is 7.88. The molecule has 0 amide bonds. The number of nitrogens with two attached hydrogens (primary N) is 1. The molecule has 2 heterocycles. The van der Waals surface area contributed by atoms with E-state index in [0.717, 1.165) is 13.0 Å².